The number of benzene rings is 2. The van der Waals surface area contributed by atoms with Gasteiger partial charge in [0.25, 0.3) is 0 Å². The van der Waals surface area contributed by atoms with Crippen molar-refractivity contribution >= 4 is 21.6 Å². The van der Waals surface area contributed by atoms with E-state index in [0.717, 1.165) is 0 Å². The van der Waals surface area contributed by atoms with Gasteiger partial charge in [0.05, 0.1) is 12.0 Å². The average Bonchev–Trinajstić information content (AvgIpc) is 3.37. The summed E-state index contributed by atoms with van der Waals surface area (Å²) in [6.45, 7) is 2.16. The lowest BCUT2D eigenvalue weighted by atomic mass is 10.2. The summed E-state index contributed by atoms with van der Waals surface area (Å²) in [5.41, 5.74) is 1.13. The third kappa shape index (κ3) is 3.63. The Hall–Kier alpha value is -2.78. The van der Waals surface area contributed by atoms with Crippen LogP contribution in [0.5, 0.6) is 17.2 Å². The van der Waals surface area contributed by atoms with E-state index in [4.69, 9.17) is 14.2 Å². The average molecular weight is 418 g/mol. The van der Waals surface area contributed by atoms with Crippen LogP contribution in [0.3, 0.4) is 0 Å². The van der Waals surface area contributed by atoms with Crippen LogP contribution in [-0.4, -0.2) is 45.1 Å². The fraction of sp³-hybridized carbons (Fsp3) is 0.350. The summed E-state index contributed by atoms with van der Waals surface area (Å²) in [6.07, 6.45) is 1.07. The topological polar surface area (TPSA) is 94.2 Å². The largest absolute Gasteiger partial charge is 0.497 e. The minimum atomic E-state index is -3.85. The standard InChI is InChI=1S/C20H22N2O6S/c1-13-5-7-15(26-2)11-19(13)29(24,25)22-9-3-4-16(22)20(23)21-14-6-8-17-18(10-14)28-12-27-17/h5-8,10-11,16H,3-4,9,12H2,1-2H3,(H,21,23)/t16-/m1/s1. The van der Waals surface area contributed by atoms with Crippen molar-refractivity contribution in [2.45, 2.75) is 30.7 Å². The van der Waals surface area contributed by atoms with E-state index in [-0.39, 0.29) is 24.1 Å². The van der Waals surface area contributed by atoms with Gasteiger partial charge in [0.2, 0.25) is 22.7 Å². The molecule has 9 heteroatoms. The lowest BCUT2D eigenvalue weighted by Gasteiger charge is -2.24. The number of ether oxygens (including phenoxy) is 3. The molecule has 1 saturated heterocycles. The van der Waals surface area contributed by atoms with Crippen molar-refractivity contribution in [3.05, 3.63) is 42.0 Å². The first-order valence-corrected chi connectivity index (χ1v) is 10.7. The smallest absolute Gasteiger partial charge is 0.244 e. The van der Waals surface area contributed by atoms with Gasteiger partial charge in [-0.1, -0.05) is 6.07 Å². The first kappa shape index (κ1) is 19.5. The summed E-state index contributed by atoms with van der Waals surface area (Å²) in [4.78, 5) is 13.0. The third-order valence-electron chi connectivity index (χ3n) is 5.13. The van der Waals surface area contributed by atoms with Crippen molar-refractivity contribution in [3.63, 3.8) is 0 Å². The van der Waals surface area contributed by atoms with Crippen LogP contribution in [0.15, 0.2) is 41.3 Å². The summed E-state index contributed by atoms with van der Waals surface area (Å²) in [6, 6.07) is 9.20. The van der Waals surface area contributed by atoms with Crippen LogP contribution in [0.1, 0.15) is 18.4 Å². The van der Waals surface area contributed by atoms with E-state index in [1.54, 1.807) is 37.3 Å². The van der Waals surface area contributed by atoms with Crippen LogP contribution < -0.4 is 19.5 Å². The lowest BCUT2D eigenvalue weighted by molar-refractivity contribution is -0.119. The second-order valence-electron chi connectivity index (χ2n) is 6.96. The maximum absolute atomic E-state index is 13.3. The molecule has 0 saturated carbocycles. The zero-order valence-corrected chi connectivity index (χ0v) is 17.0. The maximum atomic E-state index is 13.3. The number of nitrogens with one attached hydrogen (secondary N) is 1. The number of carbonyl (C=O) groups excluding carboxylic acids is 1. The number of fused-ring (bicyclic) bond motifs is 1. The van der Waals surface area contributed by atoms with Gasteiger partial charge in [-0.25, -0.2) is 8.42 Å². The maximum Gasteiger partial charge on any atom is 0.244 e. The number of hydrogen-bond acceptors (Lipinski definition) is 6. The van der Waals surface area contributed by atoms with E-state index in [1.807, 2.05) is 0 Å². The minimum absolute atomic E-state index is 0.140. The van der Waals surface area contributed by atoms with Crippen LogP contribution in [0, 0.1) is 6.92 Å². The summed E-state index contributed by atoms with van der Waals surface area (Å²) >= 11 is 0. The first-order chi connectivity index (χ1) is 13.9. The summed E-state index contributed by atoms with van der Waals surface area (Å²) < 4.78 is 43.6. The van der Waals surface area contributed by atoms with Gasteiger partial charge in [0.1, 0.15) is 11.8 Å². The molecule has 2 aromatic carbocycles. The molecule has 0 radical (unpaired) electrons. The van der Waals surface area contributed by atoms with Crippen molar-refractivity contribution < 1.29 is 27.4 Å². The molecular weight excluding hydrogens is 396 g/mol. The van der Waals surface area contributed by atoms with Gasteiger partial charge in [-0.3, -0.25) is 4.79 Å². The molecule has 0 bridgehead atoms. The Bertz CT molecular complexity index is 1050. The molecule has 0 spiro atoms. The Morgan fingerprint density at radius 2 is 1.97 bits per heavy atom. The molecule has 0 unspecified atom stereocenters. The van der Waals surface area contributed by atoms with Crippen molar-refractivity contribution in [2.75, 3.05) is 25.8 Å². The third-order valence-corrected chi connectivity index (χ3v) is 7.18. The molecule has 2 aromatic rings. The van der Waals surface area contributed by atoms with Crippen LogP contribution in [0.4, 0.5) is 5.69 Å². The summed E-state index contributed by atoms with van der Waals surface area (Å²) in [5.74, 6) is 1.24. The molecule has 8 nitrogen and oxygen atoms in total. The predicted octanol–water partition coefficient (Wildman–Crippen LogP) is 2.52. The highest BCUT2D eigenvalue weighted by atomic mass is 32.2. The summed E-state index contributed by atoms with van der Waals surface area (Å²) in [5, 5.41) is 2.80. The second kappa shape index (κ2) is 7.57. The van der Waals surface area contributed by atoms with Crippen LogP contribution in [0.2, 0.25) is 0 Å². The predicted molar refractivity (Wildman–Crippen MR) is 106 cm³/mol. The van der Waals surface area contributed by atoms with Crippen LogP contribution in [-0.2, 0) is 14.8 Å². The molecule has 2 aliphatic heterocycles. The molecule has 1 atom stereocenters. The molecule has 29 heavy (non-hydrogen) atoms. The van der Waals surface area contributed by atoms with Gasteiger partial charge in [-0.05, 0) is 43.5 Å². The fourth-order valence-corrected chi connectivity index (χ4v) is 5.50. The lowest BCUT2D eigenvalue weighted by Crippen LogP contribution is -2.43. The molecule has 0 aromatic heterocycles. The number of anilines is 1. The van der Waals surface area contributed by atoms with E-state index in [1.165, 1.54) is 17.5 Å². The van der Waals surface area contributed by atoms with E-state index in [9.17, 15) is 13.2 Å². The number of carbonyl (C=O) groups is 1. The SMILES string of the molecule is COc1ccc(C)c(S(=O)(=O)N2CCC[C@@H]2C(=O)Nc2ccc3c(c2)OCO3)c1. The van der Waals surface area contributed by atoms with Gasteiger partial charge >= 0.3 is 0 Å². The number of amides is 1. The Labute approximate surface area is 169 Å². The quantitative estimate of drug-likeness (QED) is 0.802. The Morgan fingerprint density at radius 3 is 2.76 bits per heavy atom. The number of sulfonamides is 1. The molecular formula is C20H22N2O6S. The number of nitrogens with zero attached hydrogens (tertiary/aromatic N) is 1. The van der Waals surface area contributed by atoms with Crippen molar-refractivity contribution in [2.24, 2.45) is 0 Å². The van der Waals surface area contributed by atoms with Gasteiger partial charge in [0, 0.05) is 24.4 Å². The molecule has 1 fully saturated rings. The Balaban J connectivity index is 1.57. The number of rotatable bonds is 5. The monoisotopic (exact) mass is 418 g/mol. The van der Waals surface area contributed by atoms with Crippen molar-refractivity contribution in [1.82, 2.24) is 4.31 Å². The van der Waals surface area contributed by atoms with E-state index in [0.29, 0.717) is 41.3 Å². The number of hydrogen-bond donors (Lipinski definition) is 1. The van der Waals surface area contributed by atoms with Gasteiger partial charge in [-0.2, -0.15) is 4.31 Å². The zero-order valence-electron chi connectivity index (χ0n) is 16.2. The highest BCUT2D eigenvalue weighted by Gasteiger charge is 2.40. The molecule has 4 rings (SSSR count). The summed E-state index contributed by atoms with van der Waals surface area (Å²) in [7, 11) is -2.37. The van der Waals surface area contributed by atoms with Crippen molar-refractivity contribution in [3.8, 4) is 17.2 Å². The highest BCUT2D eigenvalue weighted by Crippen LogP contribution is 2.35. The Kier molecular flexibility index (Phi) is 5.10. The fourth-order valence-electron chi connectivity index (χ4n) is 3.60. The van der Waals surface area contributed by atoms with Crippen LogP contribution >= 0.6 is 0 Å². The van der Waals surface area contributed by atoms with E-state index in [2.05, 4.69) is 5.32 Å². The molecule has 1 N–H and O–H groups in total. The van der Waals surface area contributed by atoms with E-state index < -0.39 is 16.1 Å². The number of aryl methyl sites for hydroxylation is 1. The minimum Gasteiger partial charge on any atom is -0.497 e. The van der Waals surface area contributed by atoms with Gasteiger partial charge in [0.15, 0.2) is 11.5 Å². The van der Waals surface area contributed by atoms with Crippen molar-refractivity contribution in [1.29, 1.82) is 0 Å². The molecule has 0 aliphatic carbocycles. The molecule has 2 heterocycles. The van der Waals surface area contributed by atoms with Crippen LogP contribution in [0.25, 0.3) is 0 Å². The van der Waals surface area contributed by atoms with Gasteiger partial charge in [-0.15, -0.1) is 0 Å². The number of methoxy groups -OCH3 is 1. The van der Waals surface area contributed by atoms with E-state index >= 15 is 0 Å². The highest BCUT2D eigenvalue weighted by molar-refractivity contribution is 7.89. The first-order valence-electron chi connectivity index (χ1n) is 9.27. The molecule has 2 aliphatic rings. The normalized spacial score (nSPS) is 18.6. The molecule has 154 valence electrons. The van der Waals surface area contributed by atoms with Gasteiger partial charge < -0.3 is 19.5 Å². The Morgan fingerprint density at radius 1 is 1.17 bits per heavy atom. The zero-order chi connectivity index (χ0) is 20.6. The second-order valence-corrected chi connectivity index (χ2v) is 8.82. The molecule has 1 amide bonds.